The number of nitrogens with zero attached hydrogens (tertiary/aromatic N) is 2. The molecular weight excluding hydrogens is 156 g/mol. The molecule has 1 rings (SSSR count). The average Bonchev–Trinajstić information content (AvgIpc) is 2.30. The lowest BCUT2D eigenvalue weighted by Gasteiger charge is -2.02. The monoisotopic (exact) mass is 168 g/mol. The van der Waals surface area contributed by atoms with Crippen LogP contribution in [0.4, 0.5) is 5.82 Å². The summed E-state index contributed by atoms with van der Waals surface area (Å²) >= 11 is 0. The third-order valence-corrected chi connectivity index (χ3v) is 1.56. The molecule has 0 unspecified atom stereocenters. The molecule has 1 heterocycles. The van der Waals surface area contributed by atoms with Gasteiger partial charge >= 0.3 is 0 Å². The van der Waals surface area contributed by atoms with Gasteiger partial charge in [0.2, 0.25) is 0 Å². The van der Waals surface area contributed by atoms with Crippen LogP contribution in [-0.4, -0.2) is 15.7 Å². The fraction of sp³-hybridized carbons (Fsp3) is 0.429. The van der Waals surface area contributed by atoms with E-state index in [0.29, 0.717) is 0 Å². The van der Waals surface area contributed by atoms with Crippen molar-refractivity contribution in [2.75, 3.05) is 5.73 Å². The number of nitrogen functional groups attached to an aromatic ring is 1. The van der Waals surface area contributed by atoms with Gasteiger partial charge in [0.15, 0.2) is 5.82 Å². The molecule has 12 heavy (non-hydrogen) atoms. The fourth-order valence-corrected chi connectivity index (χ4v) is 0.860. The van der Waals surface area contributed by atoms with Crippen LogP contribution in [-0.2, 0) is 0 Å². The Labute approximate surface area is 70.3 Å². The lowest BCUT2D eigenvalue weighted by molar-refractivity contribution is 0.100. The molecule has 0 fully saturated rings. The minimum atomic E-state index is -0.542. The smallest absolute Gasteiger partial charge is 0.254 e. The Morgan fingerprint density at radius 1 is 1.67 bits per heavy atom. The van der Waals surface area contributed by atoms with E-state index in [9.17, 15) is 4.79 Å². The Balaban J connectivity index is 3.09. The van der Waals surface area contributed by atoms with E-state index >= 15 is 0 Å². The quantitative estimate of drug-likeness (QED) is 0.658. The van der Waals surface area contributed by atoms with E-state index in [-0.39, 0.29) is 17.4 Å². The van der Waals surface area contributed by atoms with Crippen LogP contribution < -0.4 is 11.5 Å². The second kappa shape index (κ2) is 2.84. The Morgan fingerprint density at radius 3 is 2.50 bits per heavy atom. The minimum absolute atomic E-state index is 0.181. The standard InChI is InChI=1S/C7H12N4O/c1-4(2)11-3-5(7(9)12)6(8)10-11/h3-4H,1-2H3,(H2,8,10)(H2,9,12). The Hall–Kier alpha value is -1.52. The number of hydrogen-bond donors (Lipinski definition) is 2. The first kappa shape index (κ1) is 8.58. The lowest BCUT2D eigenvalue weighted by atomic mass is 10.3. The van der Waals surface area contributed by atoms with Gasteiger partial charge in [-0.2, -0.15) is 5.10 Å². The average molecular weight is 168 g/mol. The van der Waals surface area contributed by atoms with Crippen LogP contribution in [0, 0.1) is 0 Å². The van der Waals surface area contributed by atoms with Crippen LogP contribution in [0.5, 0.6) is 0 Å². The van der Waals surface area contributed by atoms with Crippen LogP contribution >= 0.6 is 0 Å². The molecule has 0 aliphatic carbocycles. The van der Waals surface area contributed by atoms with Crippen molar-refractivity contribution in [2.24, 2.45) is 5.73 Å². The highest BCUT2D eigenvalue weighted by molar-refractivity contribution is 5.96. The summed E-state index contributed by atoms with van der Waals surface area (Å²) in [6, 6.07) is 0.181. The maximum atomic E-state index is 10.7. The number of amides is 1. The van der Waals surface area contributed by atoms with Crippen molar-refractivity contribution >= 4 is 11.7 Å². The number of carbonyl (C=O) groups is 1. The molecule has 5 nitrogen and oxygen atoms in total. The molecule has 66 valence electrons. The summed E-state index contributed by atoms with van der Waals surface area (Å²) in [4.78, 5) is 10.7. The normalized spacial score (nSPS) is 10.6. The molecule has 0 saturated heterocycles. The zero-order valence-electron chi connectivity index (χ0n) is 7.11. The van der Waals surface area contributed by atoms with Crippen molar-refractivity contribution in [2.45, 2.75) is 19.9 Å². The Kier molecular flexibility index (Phi) is 2.03. The molecule has 0 aromatic carbocycles. The summed E-state index contributed by atoms with van der Waals surface area (Å²) in [5.41, 5.74) is 10.8. The molecule has 1 amide bonds. The molecule has 0 aliphatic rings. The number of aromatic nitrogens is 2. The largest absolute Gasteiger partial charge is 0.382 e. The topological polar surface area (TPSA) is 86.9 Å². The third-order valence-electron chi connectivity index (χ3n) is 1.56. The molecule has 1 aromatic heterocycles. The molecule has 1 aromatic rings. The summed E-state index contributed by atoms with van der Waals surface area (Å²) in [6.45, 7) is 3.88. The van der Waals surface area contributed by atoms with Gasteiger partial charge in [-0.15, -0.1) is 0 Å². The van der Waals surface area contributed by atoms with Gasteiger partial charge in [-0.3, -0.25) is 9.48 Å². The molecule has 4 N–H and O–H groups in total. The van der Waals surface area contributed by atoms with Crippen LogP contribution in [0.3, 0.4) is 0 Å². The second-order valence-corrected chi connectivity index (χ2v) is 2.87. The van der Waals surface area contributed by atoms with E-state index < -0.39 is 5.91 Å². The highest BCUT2D eigenvalue weighted by Gasteiger charge is 2.11. The van der Waals surface area contributed by atoms with E-state index in [4.69, 9.17) is 11.5 Å². The van der Waals surface area contributed by atoms with Gasteiger partial charge < -0.3 is 11.5 Å². The molecule has 0 atom stereocenters. The zero-order valence-corrected chi connectivity index (χ0v) is 7.11. The van der Waals surface area contributed by atoms with Crippen molar-refractivity contribution in [1.29, 1.82) is 0 Å². The number of nitrogens with two attached hydrogens (primary N) is 2. The van der Waals surface area contributed by atoms with Crippen molar-refractivity contribution in [3.05, 3.63) is 11.8 Å². The Bertz CT molecular complexity index is 302. The number of primary amides is 1. The number of hydrogen-bond acceptors (Lipinski definition) is 3. The summed E-state index contributed by atoms with van der Waals surface area (Å²) < 4.78 is 1.61. The van der Waals surface area contributed by atoms with Gasteiger partial charge in [-0.25, -0.2) is 0 Å². The number of rotatable bonds is 2. The molecular formula is C7H12N4O. The van der Waals surface area contributed by atoms with E-state index in [2.05, 4.69) is 5.10 Å². The maximum absolute atomic E-state index is 10.7. The molecule has 0 saturated carbocycles. The van der Waals surface area contributed by atoms with Gasteiger partial charge in [0.25, 0.3) is 5.91 Å². The van der Waals surface area contributed by atoms with E-state index in [1.54, 1.807) is 10.9 Å². The zero-order chi connectivity index (χ0) is 9.30. The Morgan fingerprint density at radius 2 is 2.25 bits per heavy atom. The van der Waals surface area contributed by atoms with Crippen molar-refractivity contribution in [3.8, 4) is 0 Å². The summed E-state index contributed by atoms with van der Waals surface area (Å²) in [5, 5.41) is 3.92. The summed E-state index contributed by atoms with van der Waals surface area (Å²) in [7, 11) is 0. The summed E-state index contributed by atoms with van der Waals surface area (Å²) in [5.74, 6) is -0.351. The molecule has 0 bridgehead atoms. The van der Waals surface area contributed by atoms with Crippen LogP contribution in [0.2, 0.25) is 0 Å². The molecule has 0 spiro atoms. The predicted octanol–water partition coefficient (Wildman–Crippen LogP) is 0.145. The first-order valence-electron chi connectivity index (χ1n) is 3.66. The molecule has 5 heteroatoms. The van der Waals surface area contributed by atoms with Gasteiger partial charge in [0.05, 0.1) is 0 Å². The van der Waals surface area contributed by atoms with Crippen LogP contribution in [0.25, 0.3) is 0 Å². The van der Waals surface area contributed by atoms with Crippen molar-refractivity contribution < 1.29 is 4.79 Å². The van der Waals surface area contributed by atoms with E-state index in [0.717, 1.165) is 0 Å². The SMILES string of the molecule is CC(C)n1cc(C(N)=O)c(N)n1. The van der Waals surface area contributed by atoms with Gasteiger partial charge in [-0.05, 0) is 13.8 Å². The number of anilines is 1. The predicted molar refractivity (Wildman–Crippen MR) is 45.5 cm³/mol. The van der Waals surface area contributed by atoms with Crippen LogP contribution in [0.15, 0.2) is 6.20 Å². The maximum Gasteiger partial charge on any atom is 0.254 e. The first-order chi connectivity index (χ1) is 5.52. The van der Waals surface area contributed by atoms with E-state index in [1.807, 2.05) is 13.8 Å². The second-order valence-electron chi connectivity index (χ2n) is 2.87. The summed E-state index contributed by atoms with van der Waals surface area (Å²) in [6.07, 6.45) is 1.56. The third kappa shape index (κ3) is 1.39. The first-order valence-corrected chi connectivity index (χ1v) is 3.66. The molecule has 0 radical (unpaired) electrons. The van der Waals surface area contributed by atoms with Crippen molar-refractivity contribution in [3.63, 3.8) is 0 Å². The van der Waals surface area contributed by atoms with Crippen molar-refractivity contribution in [1.82, 2.24) is 9.78 Å². The fourth-order valence-electron chi connectivity index (χ4n) is 0.860. The lowest BCUT2D eigenvalue weighted by Crippen LogP contribution is -2.11. The van der Waals surface area contributed by atoms with Crippen LogP contribution in [0.1, 0.15) is 30.2 Å². The van der Waals surface area contributed by atoms with E-state index in [1.165, 1.54) is 0 Å². The van der Waals surface area contributed by atoms with Gasteiger partial charge in [0.1, 0.15) is 5.56 Å². The highest BCUT2D eigenvalue weighted by Crippen LogP contribution is 2.11. The van der Waals surface area contributed by atoms with Gasteiger partial charge in [0, 0.05) is 12.2 Å². The molecule has 0 aliphatic heterocycles. The van der Waals surface area contributed by atoms with Gasteiger partial charge in [-0.1, -0.05) is 0 Å². The number of carbonyl (C=O) groups excluding carboxylic acids is 1. The highest BCUT2D eigenvalue weighted by atomic mass is 16.1. The minimum Gasteiger partial charge on any atom is -0.382 e.